The molecule has 2 aromatic carbocycles. The van der Waals surface area contributed by atoms with Gasteiger partial charge in [0.2, 0.25) is 5.91 Å². The van der Waals surface area contributed by atoms with Crippen LogP contribution in [0.1, 0.15) is 23.5 Å². The number of fused-ring (bicyclic) bond motifs is 3. The number of ether oxygens (including phenoxy) is 1. The summed E-state index contributed by atoms with van der Waals surface area (Å²) in [4.78, 5) is 36.3. The Balaban J connectivity index is 1.65. The van der Waals surface area contributed by atoms with Crippen molar-refractivity contribution in [1.29, 1.82) is 0 Å². The maximum absolute atomic E-state index is 12.6. The highest BCUT2D eigenvalue weighted by Gasteiger charge is 2.30. The summed E-state index contributed by atoms with van der Waals surface area (Å²) in [7, 11) is 0. The van der Waals surface area contributed by atoms with Crippen molar-refractivity contribution < 1.29 is 24.2 Å². The minimum atomic E-state index is -1.18. The fourth-order valence-corrected chi connectivity index (χ4v) is 4.46. The molecule has 0 fully saturated rings. The molecule has 0 spiro atoms. The van der Waals surface area contributed by atoms with E-state index in [2.05, 4.69) is 35.4 Å². The molecule has 1 unspecified atom stereocenters. The van der Waals surface area contributed by atoms with Crippen LogP contribution in [0.2, 0.25) is 0 Å². The molecule has 0 aliphatic heterocycles. The van der Waals surface area contributed by atoms with Crippen LogP contribution in [0.5, 0.6) is 0 Å². The first kappa shape index (κ1) is 24.0. The SMILES string of the molecule is CSCC[C@H](NC(=O)OCC1c2ccccc2-c2ccccc21)C(=O)NC(CS)C(=O)O. The molecule has 0 aromatic heterocycles. The Morgan fingerprint density at radius 1 is 1.03 bits per heavy atom. The number of aliphatic carboxylic acids is 1. The van der Waals surface area contributed by atoms with Gasteiger partial charge in [-0.1, -0.05) is 48.5 Å². The average molecular weight is 475 g/mol. The van der Waals surface area contributed by atoms with Crippen molar-refractivity contribution in [1.82, 2.24) is 10.6 Å². The number of hydrogen-bond donors (Lipinski definition) is 4. The monoisotopic (exact) mass is 474 g/mol. The normalized spacial score (nSPS) is 14.1. The zero-order valence-corrected chi connectivity index (χ0v) is 19.3. The topological polar surface area (TPSA) is 105 Å². The summed E-state index contributed by atoms with van der Waals surface area (Å²) in [5, 5.41) is 14.1. The van der Waals surface area contributed by atoms with Crippen LogP contribution in [0, 0.1) is 0 Å². The summed E-state index contributed by atoms with van der Waals surface area (Å²) in [6.45, 7) is 0.130. The molecule has 0 saturated carbocycles. The summed E-state index contributed by atoms with van der Waals surface area (Å²) < 4.78 is 5.51. The van der Waals surface area contributed by atoms with Crippen LogP contribution in [-0.4, -0.2) is 59.5 Å². The fourth-order valence-electron chi connectivity index (χ4n) is 3.74. The van der Waals surface area contributed by atoms with E-state index in [1.807, 2.05) is 42.7 Å². The number of amides is 2. The van der Waals surface area contributed by atoms with Gasteiger partial charge in [0.05, 0.1) is 0 Å². The lowest BCUT2D eigenvalue weighted by Crippen LogP contribution is -2.52. The van der Waals surface area contributed by atoms with E-state index >= 15 is 0 Å². The second-order valence-electron chi connectivity index (χ2n) is 7.39. The quantitative estimate of drug-likeness (QED) is 0.395. The van der Waals surface area contributed by atoms with Crippen molar-refractivity contribution in [3.8, 4) is 11.1 Å². The van der Waals surface area contributed by atoms with Crippen LogP contribution in [0.3, 0.4) is 0 Å². The second kappa shape index (κ2) is 11.3. The summed E-state index contributed by atoms with van der Waals surface area (Å²) in [6.07, 6.45) is 1.51. The van der Waals surface area contributed by atoms with Gasteiger partial charge in [0.25, 0.3) is 0 Å². The van der Waals surface area contributed by atoms with E-state index in [0.717, 1.165) is 22.3 Å². The van der Waals surface area contributed by atoms with E-state index < -0.39 is 30.1 Å². The molecular weight excluding hydrogens is 448 g/mol. The van der Waals surface area contributed by atoms with E-state index in [-0.39, 0.29) is 18.3 Å². The number of benzene rings is 2. The van der Waals surface area contributed by atoms with Crippen molar-refractivity contribution >= 4 is 42.4 Å². The maximum atomic E-state index is 12.6. The molecule has 32 heavy (non-hydrogen) atoms. The molecule has 170 valence electrons. The van der Waals surface area contributed by atoms with Crippen LogP contribution in [0.4, 0.5) is 4.79 Å². The van der Waals surface area contributed by atoms with Crippen LogP contribution < -0.4 is 10.6 Å². The van der Waals surface area contributed by atoms with Crippen LogP contribution in [0.25, 0.3) is 11.1 Å². The number of carboxylic acids is 1. The van der Waals surface area contributed by atoms with Gasteiger partial charge in [0.15, 0.2) is 0 Å². The first-order chi connectivity index (χ1) is 15.5. The van der Waals surface area contributed by atoms with Crippen LogP contribution in [0.15, 0.2) is 48.5 Å². The zero-order valence-electron chi connectivity index (χ0n) is 17.6. The lowest BCUT2D eigenvalue weighted by atomic mass is 9.98. The Morgan fingerprint density at radius 3 is 2.16 bits per heavy atom. The number of hydrogen-bond acceptors (Lipinski definition) is 6. The van der Waals surface area contributed by atoms with Crippen LogP contribution >= 0.6 is 24.4 Å². The molecule has 0 heterocycles. The average Bonchev–Trinajstić information content (AvgIpc) is 3.12. The molecular formula is C23H26N2O5S2. The molecule has 3 rings (SSSR count). The van der Waals surface area contributed by atoms with Crippen LogP contribution in [-0.2, 0) is 14.3 Å². The number of nitrogens with one attached hydrogen (secondary N) is 2. The number of carbonyl (C=O) groups excluding carboxylic acids is 2. The molecule has 0 saturated heterocycles. The van der Waals surface area contributed by atoms with Crippen molar-refractivity contribution in [2.45, 2.75) is 24.4 Å². The predicted octanol–water partition coefficient (Wildman–Crippen LogP) is 3.15. The third kappa shape index (κ3) is 5.58. The van der Waals surface area contributed by atoms with E-state index in [1.54, 1.807) is 0 Å². The Kier molecular flexibility index (Phi) is 8.46. The standard InChI is InChI=1S/C23H26N2O5S2/c1-32-11-10-19(21(26)24-20(13-31)22(27)28)25-23(29)30-12-18-16-8-4-2-6-14(16)15-7-3-5-9-17(15)18/h2-9,18-20,31H,10-13H2,1H3,(H,24,26)(H,25,29)(H,27,28)/t19-,20?/m0/s1. The molecule has 1 aliphatic carbocycles. The minimum absolute atomic E-state index is 0.0543. The summed E-state index contributed by atoms with van der Waals surface area (Å²) in [5.74, 6) is -1.29. The highest BCUT2D eigenvalue weighted by molar-refractivity contribution is 7.98. The van der Waals surface area contributed by atoms with Gasteiger partial charge in [-0.2, -0.15) is 24.4 Å². The number of carbonyl (C=O) groups is 3. The number of rotatable bonds is 10. The van der Waals surface area contributed by atoms with Gasteiger partial charge in [0, 0.05) is 11.7 Å². The molecule has 9 heteroatoms. The van der Waals surface area contributed by atoms with Crippen molar-refractivity contribution in [2.24, 2.45) is 0 Å². The van der Waals surface area contributed by atoms with Gasteiger partial charge in [-0.3, -0.25) is 4.79 Å². The molecule has 7 nitrogen and oxygen atoms in total. The highest BCUT2D eigenvalue weighted by Crippen LogP contribution is 2.44. The zero-order chi connectivity index (χ0) is 23.1. The number of alkyl carbamates (subject to hydrolysis) is 1. The number of carboxylic acid groups (broad SMARTS) is 1. The summed E-state index contributed by atoms with van der Waals surface area (Å²) in [6, 6.07) is 14.0. The molecule has 3 N–H and O–H groups in total. The van der Waals surface area contributed by atoms with Crippen molar-refractivity contribution in [2.75, 3.05) is 24.4 Å². The lowest BCUT2D eigenvalue weighted by molar-refractivity contribution is -0.141. The van der Waals surface area contributed by atoms with E-state index in [9.17, 15) is 14.4 Å². The number of thioether (sulfide) groups is 1. The van der Waals surface area contributed by atoms with E-state index in [4.69, 9.17) is 9.84 Å². The molecule has 0 bridgehead atoms. The van der Waals surface area contributed by atoms with E-state index in [0.29, 0.717) is 12.2 Å². The predicted molar refractivity (Wildman–Crippen MR) is 128 cm³/mol. The fraction of sp³-hybridized carbons (Fsp3) is 0.348. The van der Waals surface area contributed by atoms with Gasteiger partial charge >= 0.3 is 12.1 Å². The molecule has 2 atom stereocenters. The third-order valence-corrected chi connectivity index (χ3v) is 6.37. The first-order valence-corrected chi connectivity index (χ1v) is 12.2. The summed E-state index contributed by atoms with van der Waals surface area (Å²) >= 11 is 5.48. The first-order valence-electron chi connectivity index (χ1n) is 10.2. The number of thiol groups is 1. The second-order valence-corrected chi connectivity index (χ2v) is 8.74. The molecule has 2 amide bonds. The molecule has 1 aliphatic rings. The van der Waals surface area contributed by atoms with E-state index in [1.165, 1.54) is 11.8 Å². The minimum Gasteiger partial charge on any atom is -0.480 e. The Bertz CT molecular complexity index is 939. The highest BCUT2D eigenvalue weighted by atomic mass is 32.2. The Labute approximate surface area is 196 Å². The van der Waals surface area contributed by atoms with Gasteiger partial charge in [-0.25, -0.2) is 9.59 Å². The Morgan fingerprint density at radius 2 is 1.62 bits per heavy atom. The summed E-state index contributed by atoms with van der Waals surface area (Å²) in [5.41, 5.74) is 4.44. The van der Waals surface area contributed by atoms with Crippen molar-refractivity contribution in [3.05, 3.63) is 59.7 Å². The van der Waals surface area contributed by atoms with Gasteiger partial charge in [-0.15, -0.1) is 0 Å². The van der Waals surface area contributed by atoms with Gasteiger partial charge < -0.3 is 20.5 Å². The maximum Gasteiger partial charge on any atom is 0.407 e. The van der Waals surface area contributed by atoms with Gasteiger partial charge in [-0.05, 0) is 40.7 Å². The van der Waals surface area contributed by atoms with Gasteiger partial charge in [0.1, 0.15) is 18.7 Å². The largest absolute Gasteiger partial charge is 0.480 e. The lowest BCUT2D eigenvalue weighted by Gasteiger charge is -2.21. The molecule has 2 aromatic rings. The Hall–Kier alpha value is -2.65. The smallest absolute Gasteiger partial charge is 0.407 e. The molecule has 0 radical (unpaired) electrons. The van der Waals surface area contributed by atoms with Crippen molar-refractivity contribution in [3.63, 3.8) is 0 Å². The third-order valence-electron chi connectivity index (χ3n) is 5.36.